The van der Waals surface area contributed by atoms with E-state index in [1.807, 2.05) is 37.3 Å². The minimum Gasteiger partial charge on any atom is -0.379 e. The summed E-state index contributed by atoms with van der Waals surface area (Å²) in [5.41, 5.74) is 2.01. The van der Waals surface area contributed by atoms with Gasteiger partial charge in [-0.2, -0.15) is 0 Å². The Kier molecular flexibility index (Phi) is 6.71. The molecule has 0 unspecified atom stereocenters. The fourth-order valence-corrected chi connectivity index (χ4v) is 3.73. The van der Waals surface area contributed by atoms with Gasteiger partial charge in [-0.25, -0.2) is 4.98 Å². The topological polar surface area (TPSA) is 54.5 Å². The largest absolute Gasteiger partial charge is 0.379 e. The number of hydrogen-bond donors (Lipinski definition) is 1. The SMILES string of the molecule is C/C=C/C=C/C(=O)Nc1nc(-c2ccccc2)c(CN2CCOCC2)s1. The molecule has 0 atom stereocenters. The Morgan fingerprint density at radius 3 is 2.77 bits per heavy atom. The van der Waals surface area contributed by atoms with E-state index < -0.39 is 0 Å². The van der Waals surface area contributed by atoms with Gasteiger partial charge in [0.25, 0.3) is 0 Å². The minimum absolute atomic E-state index is 0.172. The van der Waals surface area contributed by atoms with Crippen LogP contribution in [0.5, 0.6) is 0 Å². The molecule has 1 aromatic heterocycles. The third kappa shape index (κ3) is 5.11. The van der Waals surface area contributed by atoms with E-state index in [1.165, 1.54) is 17.4 Å². The van der Waals surface area contributed by atoms with Crippen LogP contribution in [0.1, 0.15) is 11.8 Å². The summed E-state index contributed by atoms with van der Waals surface area (Å²) < 4.78 is 5.43. The van der Waals surface area contributed by atoms with E-state index in [0.29, 0.717) is 5.13 Å². The molecule has 0 bridgehead atoms. The van der Waals surface area contributed by atoms with Crippen LogP contribution in [0.2, 0.25) is 0 Å². The highest BCUT2D eigenvalue weighted by Crippen LogP contribution is 2.32. The van der Waals surface area contributed by atoms with Crippen LogP contribution in [0, 0.1) is 0 Å². The summed E-state index contributed by atoms with van der Waals surface area (Å²) in [5, 5.41) is 3.50. The van der Waals surface area contributed by atoms with Crippen molar-refractivity contribution in [3.8, 4) is 11.3 Å². The highest BCUT2D eigenvalue weighted by Gasteiger charge is 2.18. The smallest absolute Gasteiger partial charge is 0.250 e. The second-order valence-electron chi connectivity index (χ2n) is 5.92. The molecule has 1 saturated heterocycles. The van der Waals surface area contributed by atoms with E-state index >= 15 is 0 Å². The van der Waals surface area contributed by atoms with Crippen molar-refractivity contribution in [3.05, 3.63) is 59.5 Å². The summed E-state index contributed by atoms with van der Waals surface area (Å²) >= 11 is 1.54. The molecule has 2 heterocycles. The third-order valence-electron chi connectivity index (χ3n) is 4.00. The Hall–Kier alpha value is -2.28. The fourth-order valence-electron chi connectivity index (χ4n) is 2.70. The van der Waals surface area contributed by atoms with Crippen LogP contribution >= 0.6 is 11.3 Å². The van der Waals surface area contributed by atoms with Gasteiger partial charge in [-0.15, -0.1) is 0 Å². The molecule has 5 nitrogen and oxygen atoms in total. The Bertz CT molecular complexity index is 778. The molecule has 26 heavy (non-hydrogen) atoms. The first-order chi connectivity index (χ1) is 12.8. The molecule has 2 aromatic rings. The van der Waals surface area contributed by atoms with E-state index in [9.17, 15) is 4.79 Å². The number of hydrogen-bond acceptors (Lipinski definition) is 5. The molecule has 1 aliphatic rings. The van der Waals surface area contributed by atoms with Crippen LogP contribution < -0.4 is 5.32 Å². The number of carbonyl (C=O) groups excluding carboxylic acids is 1. The maximum absolute atomic E-state index is 12.0. The highest BCUT2D eigenvalue weighted by molar-refractivity contribution is 7.16. The molecule has 1 fully saturated rings. The maximum Gasteiger partial charge on any atom is 0.250 e. The van der Waals surface area contributed by atoms with Gasteiger partial charge in [0.1, 0.15) is 0 Å². The van der Waals surface area contributed by atoms with Crippen molar-refractivity contribution in [1.29, 1.82) is 0 Å². The number of allylic oxidation sites excluding steroid dienone is 3. The Morgan fingerprint density at radius 1 is 1.27 bits per heavy atom. The number of ether oxygens (including phenoxy) is 1. The average molecular weight is 369 g/mol. The zero-order valence-electron chi connectivity index (χ0n) is 14.9. The van der Waals surface area contributed by atoms with E-state index in [0.717, 1.165) is 49.0 Å². The molecule has 1 aliphatic heterocycles. The summed E-state index contributed by atoms with van der Waals surface area (Å²) in [6.45, 7) is 6.08. The number of rotatable bonds is 6. The van der Waals surface area contributed by atoms with E-state index in [-0.39, 0.29) is 5.91 Å². The molecule has 6 heteroatoms. The second kappa shape index (κ2) is 9.43. The van der Waals surface area contributed by atoms with Crippen LogP contribution in [-0.2, 0) is 16.1 Å². The van der Waals surface area contributed by atoms with Crippen LogP contribution in [0.4, 0.5) is 5.13 Å². The fraction of sp³-hybridized carbons (Fsp3) is 0.300. The van der Waals surface area contributed by atoms with Gasteiger partial charge >= 0.3 is 0 Å². The normalized spacial score (nSPS) is 15.7. The summed E-state index contributed by atoms with van der Waals surface area (Å²) in [4.78, 5) is 20.3. The number of benzene rings is 1. The van der Waals surface area contributed by atoms with Gasteiger partial charge in [-0.1, -0.05) is 59.9 Å². The van der Waals surface area contributed by atoms with Gasteiger partial charge in [0.2, 0.25) is 5.91 Å². The Balaban J connectivity index is 1.81. The maximum atomic E-state index is 12.0. The van der Waals surface area contributed by atoms with E-state index in [2.05, 4.69) is 22.3 Å². The van der Waals surface area contributed by atoms with Crippen LogP contribution in [-0.4, -0.2) is 42.1 Å². The molecule has 1 aromatic carbocycles. The van der Waals surface area contributed by atoms with Crippen molar-refractivity contribution in [2.45, 2.75) is 13.5 Å². The standard InChI is InChI=1S/C20H23N3O2S/c1-2-3-5-10-18(24)21-20-22-19(16-8-6-4-7-9-16)17(26-20)15-23-11-13-25-14-12-23/h2-10H,11-15H2,1H3,(H,21,22,24)/b3-2+,10-5+. The monoisotopic (exact) mass is 369 g/mol. The first-order valence-corrected chi connectivity index (χ1v) is 9.53. The first kappa shape index (κ1) is 18.5. The van der Waals surface area contributed by atoms with Crippen LogP contribution in [0.3, 0.4) is 0 Å². The van der Waals surface area contributed by atoms with E-state index in [4.69, 9.17) is 9.72 Å². The van der Waals surface area contributed by atoms with Gasteiger partial charge in [-0.3, -0.25) is 15.0 Å². The molecular formula is C20H23N3O2S. The molecule has 0 aliphatic carbocycles. The molecule has 1 amide bonds. The summed E-state index contributed by atoms with van der Waals surface area (Å²) in [5.74, 6) is -0.172. The van der Waals surface area contributed by atoms with Crippen molar-refractivity contribution in [2.24, 2.45) is 0 Å². The minimum atomic E-state index is -0.172. The number of carbonyl (C=O) groups is 1. The zero-order valence-corrected chi connectivity index (χ0v) is 15.7. The number of aromatic nitrogens is 1. The van der Waals surface area contributed by atoms with Crippen LogP contribution in [0.15, 0.2) is 54.6 Å². The van der Waals surface area contributed by atoms with Crippen LogP contribution in [0.25, 0.3) is 11.3 Å². The average Bonchev–Trinajstić information content (AvgIpc) is 3.05. The number of amides is 1. The van der Waals surface area contributed by atoms with Crippen molar-refractivity contribution >= 4 is 22.4 Å². The summed E-state index contributed by atoms with van der Waals surface area (Å²) in [6, 6.07) is 10.1. The first-order valence-electron chi connectivity index (χ1n) is 8.72. The number of nitrogens with zero attached hydrogens (tertiary/aromatic N) is 2. The Morgan fingerprint density at radius 2 is 2.04 bits per heavy atom. The number of anilines is 1. The summed E-state index contributed by atoms with van der Waals surface area (Å²) in [6.07, 6.45) is 6.92. The molecular weight excluding hydrogens is 346 g/mol. The second-order valence-corrected chi connectivity index (χ2v) is 7.00. The molecule has 3 rings (SSSR count). The van der Waals surface area contributed by atoms with Crippen molar-refractivity contribution in [1.82, 2.24) is 9.88 Å². The van der Waals surface area contributed by atoms with Crippen molar-refractivity contribution in [2.75, 3.05) is 31.6 Å². The number of nitrogens with one attached hydrogen (secondary N) is 1. The van der Waals surface area contributed by atoms with Gasteiger partial charge in [-0.05, 0) is 6.92 Å². The van der Waals surface area contributed by atoms with Gasteiger partial charge in [0, 0.05) is 36.2 Å². The lowest BCUT2D eigenvalue weighted by molar-refractivity contribution is -0.111. The molecule has 0 radical (unpaired) electrons. The molecule has 0 spiro atoms. The molecule has 136 valence electrons. The zero-order chi connectivity index (χ0) is 18.2. The lowest BCUT2D eigenvalue weighted by Crippen LogP contribution is -2.35. The van der Waals surface area contributed by atoms with E-state index in [1.54, 1.807) is 6.08 Å². The summed E-state index contributed by atoms with van der Waals surface area (Å²) in [7, 11) is 0. The van der Waals surface area contributed by atoms with Gasteiger partial charge < -0.3 is 4.74 Å². The molecule has 1 N–H and O–H groups in total. The number of thiazole rings is 1. The predicted molar refractivity (Wildman–Crippen MR) is 106 cm³/mol. The van der Waals surface area contributed by atoms with Gasteiger partial charge in [0.05, 0.1) is 18.9 Å². The van der Waals surface area contributed by atoms with Crippen molar-refractivity contribution < 1.29 is 9.53 Å². The van der Waals surface area contributed by atoms with Crippen molar-refractivity contribution in [3.63, 3.8) is 0 Å². The third-order valence-corrected chi connectivity index (χ3v) is 4.95. The highest BCUT2D eigenvalue weighted by atomic mass is 32.1. The quantitative estimate of drug-likeness (QED) is 0.623. The Labute approximate surface area is 158 Å². The number of morpholine rings is 1. The van der Waals surface area contributed by atoms with Gasteiger partial charge in [0.15, 0.2) is 5.13 Å². The lowest BCUT2D eigenvalue weighted by Gasteiger charge is -2.26. The predicted octanol–water partition coefficient (Wildman–Crippen LogP) is 3.71. The molecule has 0 saturated carbocycles. The lowest BCUT2D eigenvalue weighted by atomic mass is 10.1.